The summed E-state index contributed by atoms with van der Waals surface area (Å²) in [4.78, 5) is 22.4. The molecule has 4 N–H and O–H groups in total. The molecule has 1 amide bonds. The number of nitrogens with one attached hydrogen (secondary N) is 2. The first-order valence-electron chi connectivity index (χ1n) is 12.1. The Labute approximate surface area is 215 Å². The van der Waals surface area contributed by atoms with Crippen LogP contribution in [0.2, 0.25) is 0 Å². The lowest BCUT2D eigenvalue weighted by atomic mass is 10.1. The van der Waals surface area contributed by atoms with Gasteiger partial charge in [-0.2, -0.15) is 5.10 Å². The fourth-order valence-electron chi connectivity index (χ4n) is 5.04. The number of rotatable bonds is 4. The Morgan fingerprint density at radius 2 is 2.05 bits per heavy atom. The van der Waals surface area contributed by atoms with Gasteiger partial charge in [-0.3, -0.25) is 4.79 Å². The van der Waals surface area contributed by atoms with Crippen LogP contribution in [-0.2, 0) is 0 Å². The van der Waals surface area contributed by atoms with Crippen LogP contribution in [0.25, 0.3) is 32.4 Å². The third-order valence-corrected chi connectivity index (χ3v) is 7.92. The van der Waals surface area contributed by atoms with Crippen molar-refractivity contribution in [3.05, 3.63) is 53.7 Å². The first kappa shape index (κ1) is 22.0. The molecule has 0 spiro atoms. The SMILES string of the molecule is Nc1ncnc2c1c(-c1ccc(NC(=O)c3cc4ccccc4s3)c3c1OCO3)nn2[C@@H]1CCCNC1. The van der Waals surface area contributed by atoms with Crippen LogP contribution in [0.5, 0.6) is 11.5 Å². The first-order valence-corrected chi connectivity index (χ1v) is 12.9. The van der Waals surface area contributed by atoms with Crippen LogP contribution in [0, 0.1) is 0 Å². The third-order valence-electron chi connectivity index (χ3n) is 6.81. The van der Waals surface area contributed by atoms with Crippen molar-refractivity contribution in [1.29, 1.82) is 0 Å². The van der Waals surface area contributed by atoms with E-state index in [1.54, 1.807) is 6.07 Å². The monoisotopic (exact) mass is 513 g/mol. The van der Waals surface area contributed by atoms with E-state index in [-0.39, 0.29) is 18.7 Å². The van der Waals surface area contributed by atoms with Gasteiger partial charge in [0, 0.05) is 16.8 Å². The molecule has 1 atom stereocenters. The normalized spacial score (nSPS) is 16.9. The summed E-state index contributed by atoms with van der Waals surface area (Å²) in [5.41, 5.74) is 8.88. The van der Waals surface area contributed by atoms with Crippen molar-refractivity contribution in [2.24, 2.45) is 0 Å². The highest BCUT2D eigenvalue weighted by Gasteiger charge is 2.29. The summed E-state index contributed by atoms with van der Waals surface area (Å²) in [6.45, 7) is 1.84. The molecule has 5 aromatic rings. The Bertz CT molecular complexity index is 1640. The molecule has 3 aromatic heterocycles. The van der Waals surface area contributed by atoms with E-state index in [9.17, 15) is 4.79 Å². The summed E-state index contributed by atoms with van der Waals surface area (Å²) < 4.78 is 14.7. The van der Waals surface area contributed by atoms with Gasteiger partial charge in [0.25, 0.3) is 5.91 Å². The second kappa shape index (κ2) is 8.71. The van der Waals surface area contributed by atoms with Gasteiger partial charge >= 0.3 is 0 Å². The smallest absolute Gasteiger partial charge is 0.265 e. The maximum Gasteiger partial charge on any atom is 0.265 e. The van der Waals surface area contributed by atoms with E-state index in [4.69, 9.17) is 20.3 Å². The number of ether oxygens (including phenoxy) is 2. The molecule has 1 saturated heterocycles. The van der Waals surface area contributed by atoms with Crippen molar-refractivity contribution in [3.8, 4) is 22.8 Å². The first-order chi connectivity index (χ1) is 18.2. The van der Waals surface area contributed by atoms with Gasteiger partial charge in [0.1, 0.15) is 17.8 Å². The van der Waals surface area contributed by atoms with Gasteiger partial charge in [-0.1, -0.05) is 18.2 Å². The minimum atomic E-state index is -0.205. The second-order valence-electron chi connectivity index (χ2n) is 9.08. The van der Waals surface area contributed by atoms with Gasteiger partial charge < -0.3 is 25.8 Å². The number of fused-ring (bicyclic) bond motifs is 3. The summed E-state index contributed by atoms with van der Waals surface area (Å²) in [6, 6.07) is 13.6. The van der Waals surface area contributed by atoms with E-state index >= 15 is 0 Å². The van der Waals surface area contributed by atoms with Crippen LogP contribution < -0.4 is 25.8 Å². The lowest BCUT2D eigenvalue weighted by molar-refractivity contribution is 0.102. The topological polar surface area (TPSA) is 129 Å². The summed E-state index contributed by atoms with van der Waals surface area (Å²) in [7, 11) is 0. The van der Waals surface area contributed by atoms with E-state index in [0.717, 1.165) is 36.0 Å². The van der Waals surface area contributed by atoms with Gasteiger partial charge in [-0.05, 0) is 49.0 Å². The van der Waals surface area contributed by atoms with Crippen LogP contribution in [0.3, 0.4) is 0 Å². The number of nitrogen functional groups attached to an aromatic ring is 1. The van der Waals surface area contributed by atoms with Crippen LogP contribution in [0.4, 0.5) is 11.5 Å². The zero-order valence-corrected chi connectivity index (χ0v) is 20.5. The van der Waals surface area contributed by atoms with E-state index < -0.39 is 0 Å². The minimum absolute atomic E-state index is 0.0370. The number of hydrogen-bond acceptors (Lipinski definition) is 9. The number of nitrogens with zero attached hydrogens (tertiary/aromatic N) is 4. The predicted octanol–water partition coefficient (Wildman–Crippen LogP) is 4.20. The summed E-state index contributed by atoms with van der Waals surface area (Å²) in [5.74, 6) is 1.11. The fraction of sp³-hybridized carbons (Fsp3) is 0.231. The quantitative estimate of drug-likeness (QED) is 0.326. The number of anilines is 2. The summed E-state index contributed by atoms with van der Waals surface area (Å²) in [5, 5.41) is 13.1. The molecule has 5 heterocycles. The van der Waals surface area contributed by atoms with Gasteiger partial charge in [0.05, 0.1) is 22.0 Å². The Hall–Kier alpha value is -4.22. The molecule has 2 aliphatic rings. The molecule has 10 nitrogen and oxygen atoms in total. The molecule has 7 rings (SSSR count). The van der Waals surface area contributed by atoms with Crippen LogP contribution in [0.15, 0.2) is 48.8 Å². The van der Waals surface area contributed by atoms with Crippen molar-refractivity contribution < 1.29 is 14.3 Å². The molecular weight excluding hydrogens is 490 g/mol. The number of carbonyl (C=O) groups excluding carboxylic acids is 1. The number of hydrogen-bond donors (Lipinski definition) is 3. The van der Waals surface area contributed by atoms with E-state index in [0.29, 0.717) is 50.2 Å². The number of carbonyl (C=O) groups is 1. The van der Waals surface area contributed by atoms with Crippen molar-refractivity contribution in [2.45, 2.75) is 18.9 Å². The summed E-state index contributed by atoms with van der Waals surface area (Å²) >= 11 is 1.45. The number of piperidine rings is 1. The zero-order valence-electron chi connectivity index (χ0n) is 19.7. The van der Waals surface area contributed by atoms with Gasteiger partial charge in [-0.15, -0.1) is 11.3 Å². The Morgan fingerprint density at radius 3 is 2.92 bits per heavy atom. The number of aromatic nitrogens is 4. The number of nitrogens with two attached hydrogens (primary N) is 1. The predicted molar refractivity (Wildman–Crippen MR) is 142 cm³/mol. The van der Waals surface area contributed by atoms with Crippen LogP contribution in [0.1, 0.15) is 28.6 Å². The molecule has 0 saturated carbocycles. The number of thiophene rings is 1. The molecule has 0 unspecified atom stereocenters. The zero-order chi connectivity index (χ0) is 24.9. The largest absolute Gasteiger partial charge is 0.453 e. The van der Waals surface area contributed by atoms with E-state index in [2.05, 4.69) is 20.6 Å². The molecule has 2 aromatic carbocycles. The Kier molecular flexibility index (Phi) is 5.18. The maximum atomic E-state index is 13.1. The molecular formula is C26H23N7O3S. The maximum absolute atomic E-state index is 13.1. The standard InChI is InChI=1S/C26H23N7O3S/c27-24-20-21(32-33(25(20)30-12-29-24)15-5-3-9-28-11-15)16-7-8-17(23-22(16)35-13-36-23)31-26(34)19-10-14-4-1-2-6-18(14)37-19/h1-2,4,6-8,10,12,15,28H,3,5,9,11,13H2,(H,31,34)(H2,27,29,30)/t15-/m1/s1. The van der Waals surface area contributed by atoms with Crippen LogP contribution in [-0.4, -0.2) is 45.5 Å². The number of amides is 1. The average Bonchev–Trinajstić information content (AvgIpc) is 3.67. The van der Waals surface area contributed by atoms with Crippen molar-refractivity contribution in [2.75, 3.05) is 30.9 Å². The highest BCUT2D eigenvalue weighted by atomic mass is 32.1. The molecule has 37 heavy (non-hydrogen) atoms. The highest BCUT2D eigenvalue weighted by Crippen LogP contribution is 2.48. The summed E-state index contributed by atoms with van der Waals surface area (Å²) in [6.07, 6.45) is 3.52. The van der Waals surface area contributed by atoms with Crippen LogP contribution >= 0.6 is 11.3 Å². The second-order valence-corrected chi connectivity index (χ2v) is 10.2. The minimum Gasteiger partial charge on any atom is -0.453 e. The van der Waals surface area contributed by atoms with Crippen molar-refractivity contribution in [1.82, 2.24) is 25.1 Å². The molecule has 0 bridgehead atoms. The highest BCUT2D eigenvalue weighted by molar-refractivity contribution is 7.20. The van der Waals surface area contributed by atoms with Gasteiger partial charge in [0.2, 0.25) is 6.79 Å². The lowest BCUT2D eigenvalue weighted by Crippen LogP contribution is -2.32. The average molecular weight is 514 g/mol. The Morgan fingerprint density at radius 1 is 1.16 bits per heavy atom. The molecule has 11 heteroatoms. The fourth-order valence-corrected chi connectivity index (χ4v) is 6.00. The molecule has 1 fully saturated rings. The molecule has 0 aliphatic carbocycles. The van der Waals surface area contributed by atoms with Crippen molar-refractivity contribution in [3.63, 3.8) is 0 Å². The van der Waals surface area contributed by atoms with E-state index in [1.165, 1.54) is 17.7 Å². The third kappa shape index (κ3) is 3.66. The van der Waals surface area contributed by atoms with Gasteiger partial charge in [0.15, 0.2) is 17.1 Å². The van der Waals surface area contributed by atoms with E-state index in [1.807, 2.05) is 41.1 Å². The molecule has 2 aliphatic heterocycles. The lowest BCUT2D eigenvalue weighted by Gasteiger charge is -2.23. The molecule has 186 valence electrons. The Balaban J connectivity index is 1.29. The van der Waals surface area contributed by atoms with Gasteiger partial charge in [-0.25, -0.2) is 14.6 Å². The number of benzene rings is 2. The van der Waals surface area contributed by atoms with Crippen molar-refractivity contribution >= 4 is 49.9 Å². The molecule has 0 radical (unpaired) electrons.